The van der Waals surface area contributed by atoms with Gasteiger partial charge in [-0.1, -0.05) is 91.4 Å². The molecule has 1 aliphatic heterocycles. The Morgan fingerprint density at radius 1 is 0.846 bits per heavy atom. The summed E-state index contributed by atoms with van der Waals surface area (Å²) in [5.74, 6) is 1.97. The second-order valence-electron chi connectivity index (χ2n) is 7.76. The molecule has 0 aromatic rings. The zero-order valence-electron chi connectivity index (χ0n) is 17.8. The van der Waals surface area contributed by atoms with E-state index in [1.165, 1.54) is 82.9 Å². The van der Waals surface area contributed by atoms with Crippen LogP contribution in [-0.2, 0) is 0 Å². The van der Waals surface area contributed by atoms with E-state index in [1.807, 2.05) is 0 Å². The van der Waals surface area contributed by atoms with Gasteiger partial charge in [0.1, 0.15) is 0 Å². The van der Waals surface area contributed by atoms with Crippen molar-refractivity contribution in [3.05, 3.63) is 11.4 Å². The summed E-state index contributed by atoms with van der Waals surface area (Å²) in [6.45, 7) is 11.1. The van der Waals surface area contributed by atoms with Gasteiger partial charge in [-0.25, -0.2) is 0 Å². The zero-order valence-corrected chi connectivity index (χ0v) is 19.5. The molecule has 3 nitrogen and oxygen atoms in total. The van der Waals surface area contributed by atoms with Crippen molar-refractivity contribution in [1.82, 2.24) is 16.0 Å². The Labute approximate surface area is 174 Å². The first-order valence-electron chi connectivity index (χ1n) is 11.2. The Bertz CT molecular complexity index is 336. The molecule has 1 aliphatic rings. The fraction of sp³-hybridized carbons (Fsp3) is 0.909. The Morgan fingerprint density at radius 2 is 1.35 bits per heavy atom. The second kappa shape index (κ2) is 18.2. The summed E-state index contributed by atoms with van der Waals surface area (Å²) in [5.41, 5.74) is 1.55. The highest BCUT2D eigenvalue weighted by atomic mass is 79.9. The van der Waals surface area contributed by atoms with E-state index in [4.69, 9.17) is 0 Å². The highest BCUT2D eigenvalue weighted by Gasteiger charge is 2.16. The number of unbranched alkanes of at least 4 members (excludes halogenated alkanes) is 10. The van der Waals surface area contributed by atoms with Crippen LogP contribution in [-0.4, -0.2) is 26.2 Å². The van der Waals surface area contributed by atoms with Gasteiger partial charge in [-0.2, -0.15) is 0 Å². The smallest absolute Gasteiger partial charge is 0.0995 e. The van der Waals surface area contributed by atoms with E-state index in [-0.39, 0.29) is 17.0 Å². The van der Waals surface area contributed by atoms with Crippen LogP contribution in [0.15, 0.2) is 11.4 Å². The highest BCUT2D eigenvalue weighted by Crippen LogP contribution is 2.21. The van der Waals surface area contributed by atoms with Gasteiger partial charge in [0.2, 0.25) is 0 Å². The average Bonchev–Trinajstić information content (AvgIpc) is 3.14. The number of nitrogens with one attached hydrogen (secondary N) is 3. The summed E-state index contributed by atoms with van der Waals surface area (Å²) < 4.78 is 0. The molecule has 0 amide bonds. The number of likely N-dealkylation sites (N-methyl/N-ethyl adjacent to an activating group) is 1. The number of rotatable bonds is 16. The summed E-state index contributed by atoms with van der Waals surface area (Å²) in [5, 5.41) is 10.5. The SMILES string of the molecule is Br.CCCCCCCCCCCCCC(C)C(CNCC)=C1NCCN1. The minimum absolute atomic E-state index is 0. The first-order chi connectivity index (χ1) is 12.3. The zero-order chi connectivity index (χ0) is 18.2. The molecule has 3 N–H and O–H groups in total. The van der Waals surface area contributed by atoms with Crippen LogP contribution < -0.4 is 16.0 Å². The predicted molar refractivity (Wildman–Crippen MR) is 122 cm³/mol. The third-order valence-electron chi connectivity index (χ3n) is 5.45. The van der Waals surface area contributed by atoms with Gasteiger partial charge >= 0.3 is 0 Å². The van der Waals surface area contributed by atoms with Crippen LogP contribution >= 0.6 is 17.0 Å². The second-order valence-corrected chi connectivity index (χ2v) is 7.76. The van der Waals surface area contributed by atoms with Crippen LogP contribution in [0.1, 0.15) is 97.8 Å². The normalized spacial score (nSPS) is 14.5. The summed E-state index contributed by atoms with van der Waals surface area (Å²) >= 11 is 0. The van der Waals surface area contributed by atoms with Gasteiger partial charge < -0.3 is 16.0 Å². The van der Waals surface area contributed by atoms with Crippen LogP contribution in [0.25, 0.3) is 0 Å². The Balaban J connectivity index is 0.00000625. The number of hydrogen-bond acceptors (Lipinski definition) is 3. The molecule has 1 saturated heterocycles. The molecule has 1 unspecified atom stereocenters. The molecule has 1 rings (SSSR count). The molecular weight excluding hydrogens is 386 g/mol. The van der Waals surface area contributed by atoms with E-state index < -0.39 is 0 Å². The molecule has 0 radical (unpaired) electrons. The lowest BCUT2D eigenvalue weighted by molar-refractivity contribution is 0.502. The van der Waals surface area contributed by atoms with Gasteiger partial charge in [0.25, 0.3) is 0 Å². The van der Waals surface area contributed by atoms with Crippen molar-refractivity contribution in [2.45, 2.75) is 97.8 Å². The third kappa shape index (κ3) is 12.2. The Morgan fingerprint density at radius 3 is 1.85 bits per heavy atom. The van der Waals surface area contributed by atoms with Crippen molar-refractivity contribution in [3.8, 4) is 0 Å². The lowest BCUT2D eigenvalue weighted by Crippen LogP contribution is -2.26. The van der Waals surface area contributed by atoms with E-state index in [1.54, 1.807) is 5.57 Å². The monoisotopic (exact) mass is 431 g/mol. The van der Waals surface area contributed by atoms with E-state index in [0.29, 0.717) is 5.92 Å². The molecule has 1 atom stereocenters. The van der Waals surface area contributed by atoms with Crippen molar-refractivity contribution in [1.29, 1.82) is 0 Å². The van der Waals surface area contributed by atoms with E-state index in [0.717, 1.165) is 26.2 Å². The largest absolute Gasteiger partial charge is 0.370 e. The highest BCUT2D eigenvalue weighted by molar-refractivity contribution is 8.93. The minimum Gasteiger partial charge on any atom is -0.370 e. The summed E-state index contributed by atoms with van der Waals surface area (Å²) in [6.07, 6.45) is 17.0. The molecule has 4 heteroatoms. The molecule has 0 aliphatic carbocycles. The molecular formula is C22H46BrN3. The van der Waals surface area contributed by atoms with Crippen molar-refractivity contribution in [3.63, 3.8) is 0 Å². The van der Waals surface area contributed by atoms with Crippen molar-refractivity contribution in [2.24, 2.45) is 5.92 Å². The minimum atomic E-state index is 0. The quantitative estimate of drug-likeness (QED) is 0.265. The molecule has 0 spiro atoms. The van der Waals surface area contributed by atoms with Gasteiger partial charge in [-0.05, 0) is 24.5 Å². The van der Waals surface area contributed by atoms with Crippen LogP contribution in [0.2, 0.25) is 0 Å². The maximum atomic E-state index is 3.52. The average molecular weight is 433 g/mol. The number of hydrogen-bond donors (Lipinski definition) is 3. The fourth-order valence-electron chi connectivity index (χ4n) is 3.72. The van der Waals surface area contributed by atoms with Crippen molar-refractivity contribution in [2.75, 3.05) is 26.2 Å². The lowest BCUT2D eigenvalue weighted by Gasteiger charge is -2.19. The molecule has 0 aromatic heterocycles. The fourth-order valence-corrected chi connectivity index (χ4v) is 3.72. The molecule has 0 aromatic carbocycles. The Kier molecular flexibility index (Phi) is 18.0. The van der Waals surface area contributed by atoms with Crippen molar-refractivity contribution < 1.29 is 0 Å². The standard InChI is InChI=1S/C22H45N3.BrH/c1-4-6-7-8-9-10-11-12-13-14-15-16-20(3)21(19-23-5-2)22-24-17-18-25-22;/h20,23-25H,4-19H2,1-3H3;1H. The van der Waals surface area contributed by atoms with Gasteiger partial charge in [-0.15, -0.1) is 17.0 Å². The van der Waals surface area contributed by atoms with Crippen LogP contribution in [0.5, 0.6) is 0 Å². The topological polar surface area (TPSA) is 36.1 Å². The van der Waals surface area contributed by atoms with Crippen LogP contribution in [0.4, 0.5) is 0 Å². The summed E-state index contributed by atoms with van der Waals surface area (Å²) in [4.78, 5) is 0. The Hall–Kier alpha value is -0.220. The van der Waals surface area contributed by atoms with Crippen LogP contribution in [0.3, 0.4) is 0 Å². The first kappa shape index (κ1) is 25.8. The first-order valence-corrected chi connectivity index (χ1v) is 11.2. The van der Waals surface area contributed by atoms with E-state index in [2.05, 4.69) is 36.7 Å². The van der Waals surface area contributed by atoms with Gasteiger partial charge in [0, 0.05) is 19.6 Å². The van der Waals surface area contributed by atoms with Crippen LogP contribution in [0, 0.1) is 5.92 Å². The van der Waals surface area contributed by atoms with Gasteiger partial charge in [0.15, 0.2) is 0 Å². The lowest BCUT2D eigenvalue weighted by atomic mass is 9.94. The van der Waals surface area contributed by atoms with Crippen molar-refractivity contribution >= 4 is 17.0 Å². The van der Waals surface area contributed by atoms with E-state index >= 15 is 0 Å². The molecule has 0 saturated carbocycles. The summed E-state index contributed by atoms with van der Waals surface area (Å²) in [6, 6.07) is 0. The molecule has 1 fully saturated rings. The summed E-state index contributed by atoms with van der Waals surface area (Å²) in [7, 11) is 0. The molecule has 1 heterocycles. The van der Waals surface area contributed by atoms with Gasteiger partial charge in [-0.3, -0.25) is 0 Å². The maximum Gasteiger partial charge on any atom is 0.0995 e. The maximum absolute atomic E-state index is 3.52. The predicted octanol–water partition coefficient (Wildman–Crippen LogP) is 5.92. The molecule has 0 bridgehead atoms. The number of halogens is 1. The third-order valence-corrected chi connectivity index (χ3v) is 5.45. The van der Waals surface area contributed by atoms with Gasteiger partial charge in [0.05, 0.1) is 5.82 Å². The molecule has 26 heavy (non-hydrogen) atoms. The molecule has 156 valence electrons. The van der Waals surface area contributed by atoms with E-state index in [9.17, 15) is 0 Å².